The largest absolute Gasteiger partial charge is 0.488 e. The molecule has 170 valence electrons. The van der Waals surface area contributed by atoms with Crippen LogP contribution in [0.3, 0.4) is 0 Å². The molecule has 0 saturated carbocycles. The molecular formula is C23H21ClF3NO3S. The lowest BCUT2D eigenvalue weighted by molar-refractivity contribution is -0.137. The fraction of sp³-hybridized carbons (Fsp3) is 0.304. The second-order valence-electron chi connectivity index (χ2n) is 6.99. The van der Waals surface area contributed by atoms with Gasteiger partial charge in [0, 0.05) is 5.56 Å². The Morgan fingerprint density at radius 2 is 1.88 bits per heavy atom. The highest BCUT2D eigenvalue weighted by Crippen LogP contribution is 2.34. The van der Waals surface area contributed by atoms with Gasteiger partial charge in [0.2, 0.25) is 0 Å². The van der Waals surface area contributed by atoms with Gasteiger partial charge in [0.05, 0.1) is 33.8 Å². The van der Waals surface area contributed by atoms with Gasteiger partial charge in [-0.3, -0.25) is 0 Å². The van der Waals surface area contributed by atoms with E-state index in [2.05, 4.69) is 16.6 Å². The first-order valence-corrected chi connectivity index (χ1v) is 11.1. The second-order valence-corrected chi connectivity index (χ2v) is 8.48. The first kappa shape index (κ1) is 24.1. The molecule has 2 aromatic carbocycles. The van der Waals surface area contributed by atoms with Crippen LogP contribution in [0.15, 0.2) is 42.5 Å². The fourth-order valence-corrected chi connectivity index (χ4v) is 4.25. The van der Waals surface area contributed by atoms with E-state index < -0.39 is 17.7 Å². The van der Waals surface area contributed by atoms with Crippen molar-refractivity contribution in [1.29, 1.82) is 0 Å². The topological polar surface area (TPSA) is 48.4 Å². The van der Waals surface area contributed by atoms with Crippen LogP contribution >= 0.6 is 22.9 Å². The Kier molecular flexibility index (Phi) is 7.79. The number of unbranched alkanes of at least 4 members (excludes halogenated alkanes) is 1. The van der Waals surface area contributed by atoms with Crippen molar-refractivity contribution in [3.8, 4) is 16.3 Å². The number of benzene rings is 2. The summed E-state index contributed by atoms with van der Waals surface area (Å²) >= 11 is 7.53. The smallest absolute Gasteiger partial charge is 0.416 e. The minimum atomic E-state index is -4.38. The molecule has 0 aliphatic heterocycles. The van der Waals surface area contributed by atoms with Crippen molar-refractivity contribution in [3.63, 3.8) is 0 Å². The van der Waals surface area contributed by atoms with Crippen LogP contribution in [-0.2, 0) is 23.9 Å². The Balaban J connectivity index is 1.80. The van der Waals surface area contributed by atoms with Crippen LogP contribution in [-0.4, -0.2) is 18.1 Å². The van der Waals surface area contributed by atoms with Crippen LogP contribution in [0.4, 0.5) is 13.2 Å². The lowest BCUT2D eigenvalue weighted by Gasteiger charge is -2.08. The van der Waals surface area contributed by atoms with Gasteiger partial charge in [-0.05, 0) is 43.2 Å². The number of thiazole rings is 1. The number of esters is 1. The van der Waals surface area contributed by atoms with Gasteiger partial charge in [0.1, 0.15) is 17.4 Å². The van der Waals surface area contributed by atoms with Crippen molar-refractivity contribution in [2.75, 3.05) is 7.11 Å². The molecule has 32 heavy (non-hydrogen) atoms. The molecule has 3 aromatic rings. The van der Waals surface area contributed by atoms with Gasteiger partial charge in [-0.15, -0.1) is 11.3 Å². The van der Waals surface area contributed by atoms with E-state index in [0.717, 1.165) is 42.0 Å². The minimum absolute atomic E-state index is 0.218. The number of hydrogen-bond donors (Lipinski definition) is 0. The van der Waals surface area contributed by atoms with Crippen LogP contribution in [0.1, 0.15) is 46.3 Å². The molecule has 0 saturated heterocycles. The van der Waals surface area contributed by atoms with Gasteiger partial charge in [-0.2, -0.15) is 13.2 Å². The standard InChI is InChI=1S/C23H21ClF3NO3S/c1-3-4-5-19-20(13-31-16-10-11-17(18(24)12-16)22(29)30-2)32-21(28-19)14-6-8-15(9-7-14)23(25,26)27/h6-12H,3-5,13H2,1-2H3. The maximum Gasteiger partial charge on any atom is 0.416 e. The number of carbonyl (C=O) groups excluding carboxylic acids is 1. The summed E-state index contributed by atoms with van der Waals surface area (Å²) in [6, 6.07) is 9.68. The van der Waals surface area contributed by atoms with Gasteiger partial charge < -0.3 is 9.47 Å². The SMILES string of the molecule is CCCCc1nc(-c2ccc(C(F)(F)F)cc2)sc1COc1ccc(C(=O)OC)c(Cl)c1. The molecule has 3 rings (SSSR count). The highest BCUT2D eigenvalue weighted by atomic mass is 35.5. The highest BCUT2D eigenvalue weighted by molar-refractivity contribution is 7.15. The van der Waals surface area contributed by atoms with Crippen LogP contribution < -0.4 is 4.74 Å². The molecule has 0 aliphatic carbocycles. The molecular weight excluding hydrogens is 463 g/mol. The van der Waals surface area contributed by atoms with Gasteiger partial charge >= 0.3 is 12.1 Å². The summed E-state index contributed by atoms with van der Waals surface area (Å²) < 4.78 is 49.1. The number of nitrogens with zero attached hydrogens (tertiary/aromatic N) is 1. The van der Waals surface area contributed by atoms with Crippen molar-refractivity contribution >= 4 is 28.9 Å². The zero-order valence-electron chi connectivity index (χ0n) is 17.5. The molecule has 0 aliphatic rings. The fourth-order valence-electron chi connectivity index (χ4n) is 2.97. The molecule has 4 nitrogen and oxygen atoms in total. The Morgan fingerprint density at radius 3 is 2.47 bits per heavy atom. The molecule has 0 bridgehead atoms. The monoisotopic (exact) mass is 483 g/mol. The second kappa shape index (κ2) is 10.4. The summed E-state index contributed by atoms with van der Waals surface area (Å²) in [4.78, 5) is 17.2. The molecule has 0 N–H and O–H groups in total. The molecule has 0 unspecified atom stereocenters. The van der Waals surface area contributed by atoms with Crippen LogP contribution in [0, 0.1) is 0 Å². The van der Waals surface area contributed by atoms with E-state index in [1.807, 2.05) is 0 Å². The van der Waals surface area contributed by atoms with Gasteiger partial charge in [0.25, 0.3) is 0 Å². The summed E-state index contributed by atoms with van der Waals surface area (Å²) in [6.45, 7) is 2.30. The van der Waals surface area contributed by atoms with Crippen molar-refractivity contribution in [2.45, 2.75) is 39.0 Å². The summed E-state index contributed by atoms with van der Waals surface area (Å²) in [5.74, 6) is -0.0550. The average molecular weight is 484 g/mol. The zero-order chi connectivity index (χ0) is 23.3. The lowest BCUT2D eigenvalue weighted by Crippen LogP contribution is -2.03. The summed E-state index contributed by atoms with van der Waals surface area (Å²) in [6.07, 6.45) is -1.72. The quantitative estimate of drug-likeness (QED) is 0.318. The Morgan fingerprint density at radius 1 is 1.16 bits per heavy atom. The number of ether oxygens (including phenoxy) is 2. The third-order valence-corrected chi connectivity index (χ3v) is 6.15. The van der Waals surface area contributed by atoms with Gasteiger partial charge in [0.15, 0.2) is 0 Å². The van der Waals surface area contributed by atoms with Crippen LogP contribution in [0.25, 0.3) is 10.6 Å². The lowest BCUT2D eigenvalue weighted by atomic mass is 10.1. The van der Waals surface area contributed by atoms with E-state index in [-0.39, 0.29) is 17.2 Å². The van der Waals surface area contributed by atoms with E-state index in [1.54, 1.807) is 6.07 Å². The molecule has 1 aromatic heterocycles. The molecule has 0 atom stereocenters. The first-order chi connectivity index (χ1) is 15.2. The number of alkyl halides is 3. The predicted molar refractivity (Wildman–Crippen MR) is 118 cm³/mol. The number of rotatable bonds is 8. The maximum atomic E-state index is 12.8. The number of halogens is 4. The van der Waals surface area contributed by atoms with E-state index in [1.165, 1.54) is 42.7 Å². The van der Waals surface area contributed by atoms with E-state index >= 15 is 0 Å². The maximum absolute atomic E-state index is 12.8. The van der Waals surface area contributed by atoms with Crippen molar-refractivity contribution in [1.82, 2.24) is 4.98 Å². The van der Waals surface area contributed by atoms with Crippen LogP contribution in [0.5, 0.6) is 5.75 Å². The Hall–Kier alpha value is -2.58. The third-order valence-electron chi connectivity index (χ3n) is 4.72. The molecule has 9 heteroatoms. The third kappa shape index (κ3) is 5.81. The van der Waals surface area contributed by atoms with Crippen molar-refractivity contribution in [3.05, 3.63) is 69.2 Å². The van der Waals surface area contributed by atoms with Crippen LogP contribution in [0.2, 0.25) is 5.02 Å². The Bertz CT molecular complexity index is 1080. The number of aryl methyl sites for hydroxylation is 1. The zero-order valence-corrected chi connectivity index (χ0v) is 19.0. The molecule has 1 heterocycles. The van der Waals surface area contributed by atoms with Crippen molar-refractivity contribution < 1.29 is 27.4 Å². The molecule has 0 spiro atoms. The first-order valence-electron chi connectivity index (χ1n) is 9.89. The molecule has 0 fully saturated rings. The number of aromatic nitrogens is 1. The summed E-state index contributed by atoms with van der Waals surface area (Å²) in [7, 11) is 1.28. The summed E-state index contributed by atoms with van der Waals surface area (Å²) in [5, 5.41) is 0.859. The Labute approximate surface area is 193 Å². The highest BCUT2D eigenvalue weighted by Gasteiger charge is 2.30. The van der Waals surface area contributed by atoms with E-state index in [4.69, 9.17) is 16.3 Å². The molecule has 0 radical (unpaired) electrons. The number of methoxy groups -OCH3 is 1. The number of hydrogen-bond acceptors (Lipinski definition) is 5. The normalized spacial score (nSPS) is 11.4. The van der Waals surface area contributed by atoms with Gasteiger partial charge in [-0.25, -0.2) is 9.78 Å². The van der Waals surface area contributed by atoms with E-state index in [9.17, 15) is 18.0 Å². The number of carbonyl (C=O) groups is 1. The van der Waals surface area contributed by atoms with E-state index in [0.29, 0.717) is 16.3 Å². The van der Waals surface area contributed by atoms with Crippen molar-refractivity contribution in [2.24, 2.45) is 0 Å². The van der Waals surface area contributed by atoms with Gasteiger partial charge in [-0.1, -0.05) is 37.1 Å². The summed E-state index contributed by atoms with van der Waals surface area (Å²) in [5.41, 5.74) is 1.04. The predicted octanol–water partition coefficient (Wildman–Crippen LogP) is 7.19. The minimum Gasteiger partial charge on any atom is -0.488 e. The molecule has 0 amide bonds. The average Bonchev–Trinajstić information content (AvgIpc) is 3.18.